The van der Waals surface area contributed by atoms with Crippen molar-refractivity contribution in [3.05, 3.63) is 56.9 Å². The van der Waals surface area contributed by atoms with E-state index in [4.69, 9.17) is 0 Å². The maximum atomic E-state index is 11.7. The highest BCUT2D eigenvalue weighted by Crippen LogP contribution is 2.16. The molecule has 0 saturated carbocycles. The van der Waals surface area contributed by atoms with E-state index in [9.17, 15) is 9.90 Å². The predicted octanol–water partition coefficient (Wildman–Crippen LogP) is 1.76. The van der Waals surface area contributed by atoms with E-state index < -0.39 is 0 Å². The minimum atomic E-state index is -0.344. The Balaban J connectivity index is 2.37. The number of benzene rings is 1. The van der Waals surface area contributed by atoms with E-state index in [0.717, 1.165) is 5.56 Å². The molecule has 0 atom stereocenters. The lowest BCUT2D eigenvalue weighted by molar-refractivity contribution is 0.457. The second-order valence-electron chi connectivity index (χ2n) is 3.29. The van der Waals surface area contributed by atoms with Gasteiger partial charge in [0.25, 0.3) is 5.56 Å². The summed E-state index contributed by atoms with van der Waals surface area (Å²) < 4.78 is 1.43. The Morgan fingerprint density at radius 2 is 2.00 bits per heavy atom. The molecule has 0 radical (unpaired) electrons. The maximum Gasteiger partial charge on any atom is 0.285 e. The van der Waals surface area contributed by atoms with Crippen LogP contribution in [0.2, 0.25) is 0 Å². The maximum absolute atomic E-state index is 11.7. The fourth-order valence-electron chi connectivity index (χ4n) is 1.33. The van der Waals surface area contributed by atoms with Gasteiger partial charge in [-0.05, 0) is 21.5 Å². The Morgan fingerprint density at radius 3 is 2.69 bits per heavy atom. The molecule has 0 saturated heterocycles. The lowest BCUT2D eigenvalue weighted by Crippen LogP contribution is -2.23. The molecule has 1 N–H and O–H groups in total. The standard InChI is InChI=1S/C11H9BrN2O2/c12-10-9(15)6-13-14(11(10)16)7-8-4-2-1-3-5-8/h1-6,15H,7H2. The molecule has 0 aliphatic carbocycles. The van der Waals surface area contributed by atoms with Crippen molar-refractivity contribution in [2.75, 3.05) is 0 Å². The summed E-state index contributed by atoms with van der Waals surface area (Å²) in [4.78, 5) is 11.7. The van der Waals surface area contributed by atoms with Crippen molar-refractivity contribution in [1.29, 1.82) is 0 Å². The molecule has 4 nitrogen and oxygen atoms in total. The van der Waals surface area contributed by atoms with Gasteiger partial charge in [-0.1, -0.05) is 30.3 Å². The van der Waals surface area contributed by atoms with Crippen molar-refractivity contribution in [3.63, 3.8) is 0 Å². The lowest BCUT2D eigenvalue weighted by atomic mass is 10.2. The monoisotopic (exact) mass is 280 g/mol. The van der Waals surface area contributed by atoms with Gasteiger partial charge in [0.15, 0.2) is 5.75 Å². The highest BCUT2D eigenvalue weighted by Gasteiger charge is 2.07. The van der Waals surface area contributed by atoms with Crippen LogP contribution >= 0.6 is 15.9 Å². The number of nitrogens with zero attached hydrogens (tertiary/aromatic N) is 2. The third-order valence-corrected chi connectivity index (χ3v) is 2.89. The zero-order valence-electron chi connectivity index (χ0n) is 8.30. The molecule has 0 amide bonds. The molecule has 1 heterocycles. The van der Waals surface area contributed by atoms with Crippen LogP contribution in [-0.2, 0) is 6.54 Å². The fourth-order valence-corrected chi connectivity index (χ4v) is 1.63. The molecule has 2 rings (SSSR count). The van der Waals surface area contributed by atoms with Crippen LogP contribution in [0.4, 0.5) is 0 Å². The quantitative estimate of drug-likeness (QED) is 0.912. The molecule has 0 spiro atoms. The van der Waals surface area contributed by atoms with E-state index in [1.807, 2.05) is 30.3 Å². The van der Waals surface area contributed by atoms with E-state index >= 15 is 0 Å². The molecule has 82 valence electrons. The normalized spacial score (nSPS) is 10.3. The van der Waals surface area contributed by atoms with Crippen molar-refractivity contribution in [1.82, 2.24) is 9.78 Å². The summed E-state index contributed by atoms with van der Waals surface area (Å²) in [5.74, 6) is -0.144. The van der Waals surface area contributed by atoms with Crippen molar-refractivity contribution >= 4 is 15.9 Å². The van der Waals surface area contributed by atoms with Gasteiger partial charge in [0.1, 0.15) is 4.47 Å². The smallest absolute Gasteiger partial charge is 0.285 e. The summed E-state index contributed by atoms with van der Waals surface area (Å²) in [6, 6.07) is 9.53. The van der Waals surface area contributed by atoms with E-state index in [1.165, 1.54) is 10.9 Å². The average Bonchev–Trinajstić information content (AvgIpc) is 2.31. The van der Waals surface area contributed by atoms with Gasteiger partial charge in [0.2, 0.25) is 0 Å². The Morgan fingerprint density at radius 1 is 1.31 bits per heavy atom. The van der Waals surface area contributed by atoms with Crippen molar-refractivity contribution in [2.45, 2.75) is 6.54 Å². The molecule has 2 aromatic rings. The minimum absolute atomic E-state index is 0.137. The van der Waals surface area contributed by atoms with Gasteiger partial charge in [-0.25, -0.2) is 4.68 Å². The lowest BCUT2D eigenvalue weighted by Gasteiger charge is -2.05. The Hall–Kier alpha value is -1.62. The highest BCUT2D eigenvalue weighted by atomic mass is 79.9. The summed E-state index contributed by atoms with van der Waals surface area (Å²) in [5.41, 5.74) is 0.638. The number of aromatic hydroxyl groups is 1. The van der Waals surface area contributed by atoms with E-state index in [-0.39, 0.29) is 15.8 Å². The first-order valence-electron chi connectivity index (χ1n) is 4.67. The van der Waals surface area contributed by atoms with Crippen LogP contribution in [0.1, 0.15) is 5.56 Å². The molecule has 0 unspecified atom stereocenters. The summed E-state index contributed by atoms with van der Waals surface area (Å²) in [6.45, 7) is 0.387. The molecule has 5 heteroatoms. The first-order valence-corrected chi connectivity index (χ1v) is 5.46. The van der Waals surface area contributed by atoms with Gasteiger partial charge in [-0.15, -0.1) is 0 Å². The number of hydrogen-bond acceptors (Lipinski definition) is 3. The van der Waals surface area contributed by atoms with Gasteiger partial charge in [0.05, 0.1) is 12.7 Å². The van der Waals surface area contributed by atoms with Gasteiger partial charge in [-0.2, -0.15) is 5.10 Å². The molecule has 0 aliphatic rings. The van der Waals surface area contributed by atoms with Crippen LogP contribution in [0.15, 0.2) is 45.8 Å². The minimum Gasteiger partial charge on any atom is -0.505 e. The van der Waals surface area contributed by atoms with E-state index in [2.05, 4.69) is 21.0 Å². The first-order chi connectivity index (χ1) is 7.68. The van der Waals surface area contributed by atoms with Gasteiger partial charge in [-0.3, -0.25) is 4.79 Å². The number of rotatable bonds is 2. The number of aromatic nitrogens is 2. The number of hydrogen-bond donors (Lipinski definition) is 1. The second kappa shape index (κ2) is 4.49. The molecule has 0 aliphatic heterocycles. The van der Waals surface area contributed by atoms with Gasteiger partial charge < -0.3 is 5.11 Å². The molecule has 16 heavy (non-hydrogen) atoms. The molecular formula is C11H9BrN2O2. The van der Waals surface area contributed by atoms with E-state index in [0.29, 0.717) is 6.54 Å². The summed E-state index contributed by atoms with van der Waals surface area (Å²) in [6.07, 6.45) is 1.24. The van der Waals surface area contributed by atoms with Crippen LogP contribution in [0.3, 0.4) is 0 Å². The predicted molar refractivity (Wildman–Crippen MR) is 63.4 cm³/mol. The zero-order valence-corrected chi connectivity index (χ0v) is 9.89. The van der Waals surface area contributed by atoms with Crippen LogP contribution in [-0.4, -0.2) is 14.9 Å². The third-order valence-electron chi connectivity index (χ3n) is 2.14. The van der Waals surface area contributed by atoms with E-state index in [1.54, 1.807) is 0 Å². The summed E-state index contributed by atoms with van der Waals surface area (Å²) >= 11 is 3.02. The van der Waals surface area contributed by atoms with Crippen LogP contribution < -0.4 is 5.56 Å². The Kier molecular flexibility index (Phi) is 3.05. The molecule has 0 bridgehead atoms. The zero-order chi connectivity index (χ0) is 11.5. The van der Waals surface area contributed by atoms with Crippen molar-refractivity contribution < 1.29 is 5.11 Å². The molecule has 0 fully saturated rings. The van der Waals surface area contributed by atoms with Gasteiger partial charge in [0, 0.05) is 0 Å². The Labute approximate surface area is 100 Å². The fraction of sp³-hybridized carbons (Fsp3) is 0.0909. The highest BCUT2D eigenvalue weighted by molar-refractivity contribution is 9.10. The number of halogens is 1. The Bertz CT molecular complexity index is 552. The third kappa shape index (κ3) is 2.14. The second-order valence-corrected chi connectivity index (χ2v) is 4.09. The largest absolute Gasteiger partial charge is 0.505 e. The molecule has 1 aromatic carbocycles. The van der Waals surface area contributed by atoms with Crippen LogP contribution in [0.5, 0.6) is 5.75 Å². The topological polar surface area (TPSA) is 55.1 Å². The summed E-state index contributed by atoms with van der Waals surface area (Å²) in [7, 11) is 0. The van der Waals surface area contributed by atoms with Crippen LogP contribution in [0, 0.1) is 0 Å². The first kappa shape index (κ1) is 10.9. The SMILES string of the molecule is O=c1c(Br)c(O)cnn1Cc1ccccc1. The summed E-state index contributed by atoms with van der Waals surface area (Å²) in [5, 5.41) is 13.1. The van der Waals surface area contributed by atoms with Crippen molar-refractivity contribution in [2.24, 2.45) is 0 Å². The van der Waals surface area contributed by atoms with Gasteiger partial charge >= 0.3 is 0 Å². The van der Waals surface area contributed by atoms with Crippen molar-refractivity contribution in [3.8, 4) is 5.75 Å². The molecular weight excluding hydrogens is 272 g/mol. The molecule has 1 aromatic heterocycles. The van der Waals surface area contributed by atoms with Crippen LogP contribution in [0.25, 0.3) is 0 Å². The average molecular weight is 281 g/mol.